The van der Waals surface area contributed by atoms with E-state index in [0.717, 1.165) is 25.7 Å². The van der Waals surface area contributed by atoms with Crippen molar-refractivity contribution in [2.45, 2.75) is 49.1 Å². The number of nitrogens with one attached hydrogen (secondary N) is 1. The van der Waals surface area contributed by atoms with Crippen LogP contribution in [0.25, 0.3) is 0 Å². The lowest BCUT2D eigenvalue weighted by atomic mass is 10.0. The van der Waals surface area contributed by atoms with Crippen LogP contribution in [0.1, 0.15) is 32.1 Å². The average molecular weight is 351 g/mol. The third-order valence-electron chi connectivity index (χ3n) is 4.88. The summed E-state index contributed by atoms with van der Waals surface area (Å²) in [5.41, 5.74) is 5.76. The summed E-state index contributed by atoms with van der Waals surface area (Å²) in [5.74, 6) is 0.235. The topological polar surface area (TPSA) is 92.5 Å². The van der Waals surface area contributed by atoms with Crippen LogP contribution in [0.5, 0.6) is 0 Å². The summed E-state index contributed by atoms with van der Waals surface area (Å²) in [6.07, 6.45) is 4.35. The Labute approximate surface area is 143 Å². The fourth-order valence-corrected chi connectivity index (χ4v) is 5.01. The third kappa shape index (κ3) is 3.63. The highest BCUT2D eigenvalue weighted by atomic mass is 32.2. The van der Waals surface area contributed by atoms with Gasteiger partial charge in [-0.1, -0.05) is 24.6 Å². The molecule has 1 saturated carbocycles. The summed E-state index contributed by atoms with van der Waals surface area (Å²) in [7, 11) is -3.66. The average Bonchev–Trinajstić information content (AvgIpc) is 3.45. The molecule has 0 aromatic heterocycles. The van der Waals surface area contributed by atoms with Crippen LogP contribution in [-0.2, 0) is 14.8 Å². The fraction of sp³-hybridized carbons (Fsp3) is 0.588. The Bertz CT molecular complexity index is 674. The number of carbonyl (C=O) groups excluding carboxylic acids is 1. The minimum Gasteiger partial charge on any atom is -0.350 e. The van der Waals surface area contributed by atoms with E-state index in [4.69, 9.17) is 5.73 Å². The first-order valence-electron chi connectivity index (χ1n) is 8.61. The number of rotatable bonds is 6. The lowest BCUT2D eigenvalue weighted by molar-refractivity contribution is -0.126. The van der Waals surface area contributed by atoms with E-state index in [1.54, 1.807) is 30.3 Å². The first-order chi connectivity index (χ1) is 11.5. The van der Waals surface area contributed by atoms with Gasteiger partial charge in [-0.3, -0.25) is 4.79 Å². The predicted octanol–water partition coefficient (Wildman–Crippen LogP) is 1.08. The monoisotopic (exact) mass is 351 g/mol. The van der Waals surface area contributed by atoms with E-state index >= 15 is 0 Å². The minimum absolute atomic E-state index is 0.0410. The number of hydrogen-bond donors (Lipinski definition) is 2. The Kier molecular flexibility index (Phi) is 5.22. The number of amides is 1. The molecule has 1 aromatic rings. The normalized spacial score (nSPS) is 23.6. The second-order valence-corrected chi connectivity index (χ2v) is 8.52. The van der Waals surface area contributed by atoms with Gasteiger partial charge in [0.05, 0.1) is 4.90 Å². The van der Waals surface area contributed by atoms with Crippen molar-refractivity contribution in [2.75, 3.05) is 13.1 Å². The van der Waals surface area contributed by atoms with Gasteiger partial charge in [0.2, 0.25) is 15.9 Å². The molecule has 2 aliphatic rings. The minimum atomic E-state index is -3.66. The molecule has 3 rings (SSSR count). The molecule has 3 N–H and O–H groups in total. The maximum atomic E-state index is 12.9. The third-order valence-corrected chi connectivity index (χ3v) is 6.80. The Morgan fingerprint density at radius 3 is 2.54 bits per heavy atom. The summed E-state index contributed by atoms with van der Waals surface area (Å²) < 4.78 is 27.2. The van der Waals surface area contributed by atoms with Crippen LogP contribution < -0.4 is 11.1 Å². The van der Waals surface area contributed by atoms with Gasteiger partial charge in [-0.2, -0.15) is 4.31 Å². The molecule has 1 heterocycles. The van der Waals surface area contributed by atoms with Crippen LogP contribution in [0.3, 0.4) is 0 Å². The highest BCUT2D eigenvalue weighted by Crippen LogP contribution is 2.32. The lowest BCUT2D eigenvalue weighted by Crippen LogP contribution is -2.55. The summed E-state index contributed by atoms with van der Waals surface area (Å²) >= 11 is 0. The number of carbonyl (C=O) groups is 1. The van der Waals surface area contributed by atoms with Gasteiger partial charge in [-0.05, 0) is 43.7 Å². The molecule has 2 fully saturated rings. The Hall–Kier alpha value is -1.44. The van der Waals surface area contributed by atoms with Crippen molar-refractivity contribution in [3.05, 3.63) is 30.3 Å². The van der Waals surface area contributed by atoms with E-state index in [0.29, 0.717) is 25.4 Å². The molecule has 1 aromatic carbocycles. The second kappa shape index (κ2) is 7.21. The van der Waals surface area contributed by atoms with E-state index in [9.17, 15) is 13.2 Å². The molecule has 1 aliphatic heterocycles. The number of nitrogens with zero attached hydrogens (tertiary/aromatic N) is 1. The van der Waals surface area contributed by atoms with Gasteiger partial charge < -0.3 is 11.1 Å². The quantitative estimate of drug-likeness (QED) is 0.802. The zero-order chi connectivity index (χ0) is 17.2. The van der Waals surface area contributed by atoms with Crippen LogP contribution >= 0.6 is 0 Å². The van der Waals surface area contributed by atoms with E-state index in [-0.39, 0.29) is 16.8 Å². The molecule has 1 aliphatic carbocycles. The molecule has 1 amide bonds. The maximum Gasteiger partial charge on any atom is 0.243 e. The first kappa shape index (κ1) is 17.4. The zero-order valence-electron chi connectivity index (χ0n) is 13.7. The van der Waals surface area contributed by atoms with Crippen molar-refractivity contribution in [3.63, 3.8) is 0 Å². The van der Waals surface area contributed by atoms with Gasteiger partial charge in [0, 0.05) is 19.1 Å². The van der Waals surface area contributed by atoms with E-state index in [1.807, 2.05) is 0 Å². The van der Waals surface area contributed by atoms with Crippen molar-refractivity contribution in [3.8, 4) is 0 Å². The molecule has 24 heavy (non-hydrogen) atoms. The summed E-state index contributed by atoms with van der Waals surface area (Å²) in [5, 5.41) is 2.98. The highest BCUT2D eigenvalue weighted by Gasteiger charge is 2.39. The number of hydrogen-bond acceptors (Lipinski definition) is 4. The molecule has 6 nitrogen and oxygen atoms in total. The smallest absolute Gasteiger partial charge is 0.243 e. The molecular formula is C17H25N3O3S. The molecule has 7 heteroatoms. The van der Waals surface area contributed by atoms with E-state index in [2.05, 4.69) is 5.32 Å². The van der Waals surface area contributed by atoms with Crippen LogP contribution in [0.15, 0.2) is 35.2 Å². The molecule has 2 atom stereocenters. The summed E-state index contributed by atoms with van der Waals surface area (Å²) in [6, 6.07) is 7.64. The van der Waals surface area contributed by atoms with Gasteiger partial charge >= 0.3 is 0 Å². The SMILES string of the molecule is NCC(NC(=O)C1CCCCN1S(=O)(=O)c1ccccc1)C1CC1. The molecule has 0 radical (unpaired) electrons. The second-order valence-electron chi connectivity index (χ2n) is 6.63. The number of benzene rings is 1. The number of piperidine rings is 1. The maximum absolute atomic E-state index is 12.9. The molecule has 0 spiro atoms. The molecule has 2 unspecified atom stereocenters. The van der Waals surface area contributed by atoms with E-state index < -0.39 is 16.1 Å². The standard InChI is InChI=1S/C17H25N3O3S/c18-12-15(13-9-10-13)19-17(21)16-8-4-5-11-20(16)24(22,23)14-6-2-1-3-7-14/h1-3,6-7,13,15-16H,4-5,8-12,18H2,(H,19,21). The van der Waals surface area contributed by atoms with Gasteiger partial charge in [-0.25, -0.2) is 8.42 Å². The van der Waals surface area contributed by atoms with Crippen molar-refractivity contribution in [1.29, 1.82) is 0 Å². The van der Waals surface area contributed by atoms with Crippen LogP contribution in [0.2, 0.25) is 0 Å². The van der Waals surface area contributed by atoms with Crippen LogP contribution in [0.4, 0.5) is 0 Å². The Morgan fingerprint density at radius 2 is 1.92 bits per heavy atom. The number of nitrogens with two attached hydrogens (primary N) is 1. The van der Waals surface area contributed by atoms with E-state index in [1.165, 1.54) is 4.31 Å². The molecular weight excluding hydrogens is 326 g/mol. The number of sulfonamides is 1. The van der Waals surface area contributed by atoms with Crippen molar-refractivity contribution in [2.24, 2.45) is 11.7 Å². The van der Waals surface area contributed by atoms with Crippen LogP contribution in [0, 0.1) is 5.92 Å². The summed E-state index contributed by atoms with van der Waals surface area (Å²) in [6.45, 7) is 0.778. The molecule has 1 saturated heterocycles. The Morgan fingerprint density at radius 1 is 1.21 bits per heavy atom. The van der Waals surface area contributed by atoms with Gasteiger partial charge in [-0.15, -0.1) is 0 Å². The van der Waals surface area contributed by atoms with Gasteiger partial charge in [0.15, 0.2) is 0 Å². The molecule has 0 bridgehead atoms. The lowest BCUT2D eigenvalue weighted by Gasteiger charge is -2.34. The van der Waals surface area contributed by atoms with Crippen molar-refractivity contribution in [1.82, 2.24) is 9.62 Å². The predicted molar refractivity (Wildman–Crippen MR) is 91.7 cm³/mol. The van der Waals surface area contributed by atoms with Gasteiger partial charge in [0.1, 0.15) is 6.04 Å². The largest absolute Gasteiger partial charge is 0.350 e. The van der Waals surface area contributed by atoms with Crippen LogP contribution in [-0.4, -0.2) is 43.8 Å². The Balaban J connectivity index is 1.79. The highest BCUT2D eigenvalue weighted by molar-refractivity contribution is 7.89. The van der Waals surface area contributed by atoms with Gasteiger partial charge in [0.25, 0.3) is 0 Å². The zero-order valence-corrected chi connectivity index (χ0v) is 14.5. The molecule has 132 valence electrons. The van der Waals surface area contributed by atoms with Crippen molar-refractivity contribution < 1.29 is 13.2 Å². The summed E-state index contributed by atoms with van der Waals surface area (Å²) in [4.78, 5) is 13.0. The van der Waals surface area contributed by atoms with Crippen molar-refractivity contribution >= 4 is 15.9 Å². The fourth-order valence-electron chi connectivity index (χ4n) is 3.33. The first-order valence-corrected chi connectivity index (χ1v) is 10.1.